The number of nitrogens with zero attached hydrogens (tertiary/aromatic N) is 3. The molecule has 3 rings (SSSR count). The molecule has 11 heteroatoms. The van der Waals surface area contributed by atoms with Gasteiger partial charge in [0, 0.05) is 27.3 Å². The summed E-state index contributed by atoms with van der Waals surface area (Å²) in [6, 6.07) is 3.53. The smallest absolute Gasteiger partial charge is 0.349 e. The van der Waals surface area contributed by atoms with Crippen molar-refractivity contribution in [2.24, 2.45) is 0 Å². The Balaban J connectivity index is 0.00000280. The first-order chi connectivity index (χ1) is 12.7. The Morgan fingerprint density at radius 1 is 1.07 bits per heavy atom. The molecule has 2 heterocycles. The molecule has 0 aliphatic carbocycles. The van der Waals surface area contributed by atoms with Crippen LogP contribution in [0.15, 0.2) is 21.7 Å². The summed E-state index contributed by atoms with van der Waals surface area (Å²) in [4.78, 5) is 34.0. The van der Waals surface area contributed by atoms with Gasteiger partial charge >= 0.3 is 5.69 Å². The Morgan fingerprint density at radius 2 is 1.71 bits per heavy atom. The van der Waals surface area contributed by atoms with Gasteiger partial charge in [-0.05, 0) is 37.1 Å². The summed E-state index contributed by atoms with van der Waals surface area (Å²) >= 11 is 0. The minimum absolute atomic E-state index is 0. The van der Waals surface area contributed by atoms with E-state index in [1.807, 2.05) is 13.8 Å². The van der Waals surface area contributed by atoms with E-state index in [-0.39, 0.29) is 45.4 Å². The Labute approximate surface area is 179 Å². The van der Waals surface area contributed by atoms with Crippen molar-refractivity contribution in [1.82, 2.24) is 19.5 Å². The van der Waals surface area contributed by atoms with Crippen LogP contribution in [0.25, 0.3) is 22.6 Å². The van der Waals surface area contributed by atoms with E-state index in [0.717, 1.165) is 11.1 Å². The van der Waals surface area contributed by atoms with Crippen molar-refractivity contribution in [2.75, 3.05) is 6.61 Å². The zero-order chi connectivity index (χ0) is 19.9. The summed E-state index contributed by atoms with van der Waals surface area (Å²) in [5.41, 5.74) is 1.11. The molecule has 10 nitrogen and oxygen atoms in total. The van der Waals surface area contributed by atoms with E-state index in [2.05, 4.69) is 15.0 Å². The second-order valence-electron chi connectivity index (χ2n) is 6.50. The van der Waals surface area contributed by atoms with E-state index >= 15 is 0 Å². The van der Waals surface area contributed by atoms with Crippen molar-refractivity contribution in [3.63, 3.8) is 0 Å². The van der Waals surface area contributed by atoms with Crippen molar-refractivity contribution in [3.05, 3.63) is 44.1 Å². The van der Waals surface area contributed by atoms with Crippen LogP contribution in [0, 0.1) is 13.8 Å². The molecular formula is C17H20N4O6Pb. The zero-order valence-electron chi connectivity index (χ0n) is 15.2. The van der Waals surface area contributed by atoms with Crippen LogP contribution in [0.2, 0.25) is 0 Å². The summed E-state index contributed by atoms with van der Waals surface area (Å²) < 4.78 is 1.40. The molecule has 28 heavy (non-hydrogen) atoms. The van der Waals surface area contributed by atoms with E-state index < -0.39 is 36.2 Å². The van der Waals surface area contributed by atoms with Crippen molar-refractivity contribution in [2.45, 2.75) is 38.7 Å². The van der Waals surface area contributed by atoms with Crippen molar-refractivity contribution in [3.8, 4) is 11.5 Å². The fourth-order valence-corrected chi connectivity index (χ4v) is 2.89. The van der Waals surface area contributed by atoms with Crippen molar-refractivity contribution >= 4 is 38.3 Å². The van der Waals surface area contributed by atoms with Crippen LogP contribution in [0.4, 0.5) is 0 Å². The fraction of sp³-hybridized carbons (Fsp3) is 0.412. The number of aryl methyl sites for hydroxylation is 2. The van der Waals surface area contributed by atoms with Gasteiger partial charge in [0.2, 0.25) is 0 Å². The van der Waals surface area contributed by atoms with E-state index in [9.17, 15) is 24.9 Å². The topological polar surface area (TPSA) is 162 Å². The molecule has 0 amide bonds. The standard InChI is InChI=1S/C17H20N4O6.Pb/c1-7-3-9-10(4-8(7)2)21(5-11(23)14(25)12(24)6-22)15-13(18-9)16(26)20-17(27)19-15;/h3-4,11-12,14,22-25H,5-6H2,1-2H3,(H,20,26,27);/t11-,12+,14-;/m0./s1. The predicted octanol–water partition coefficient (Wildman–Crippen LogP) is -2.10. The number of aliphatic hydroxyl groups is 4. The average molecular weight is 584 g/mol. The maximum absolute atomic E-state index is 12.2. The molecule has 0 unspecified atom stereocenters. The summed E-state index contributed by atoms with van der Waals surface area (Å²) in [5, 5.41) is 38.8. The molecule has 2 aliphatic rings. The van der Waals surface area contributed by atoms with Crippen LogP contribution in [0.5, 0.6) is 0 Å². The SMILES string of the molecule is Cc1cc2nc3c(=O)[nH]c(=O)nc-3n(C[C@H](O)[C@H](O)[C@H](O)CO)c2cc1C.[Pb]. The number of nitrogens with one attached hydrogen (secondary N) is 1. The van der Waals surface area contributed by atoms with Crippen LogP contribution < -0.4 is 11.2 Å². The Hall–Kier alpha value is -1.74. The van der Waals surface area contributed by atoms with Gasteiger partial charge < -0.3 is 25.0 Å². The summed E-state index contributed by atoms with van der Waals surface area (Å²) in [7, 11) is 0. The summed E-state index contributed by atoms with van der Waals surface area (Å²) in [6.07, 6.45) is -4.68. The maximum Gasteiger partial charge on any atom is 0.349 e. The molecule has 148 valence electrons. The van der Waals surface area contributed by atoms with Gasteiger partial charge in [0.25, 0.3) is 5.56 Å². The van der Waals surface area contributed by atoms with Gasteiger partial charge in [-0.2, -0.15) is 4.98 Å². The second-order valence-corrected chi connectivity index (χ2v) is 6.50. The first-order valence-electron chi connectivity index (χ1n) is 8.29. The molecular weight excluding hydrogens is 563 g/mol. The van der Waals surface area contributed by atoms with Gasteiger partial charge in [0.15, 0.2) is 11.5 Å². The number of fused-ring (bicyclic) bond motifs is 2. The summed E-state index contributed by atoms with van der Waals surface area (Å²) in [5.74, 6) is -0.0516. The first kappa shape index (κ1) is 22.6. The Kier molecular flexibility index (Phi) is 7.03. The molecule has 1 aromatic carbocycles. The molecule has 0 fully saturated rings. The molecule has 0 bridgehead atoms. The quantitative estimate of drug-likeness (QED) is 0.169. The van der Waals surface area contributed by atoms with Gasteiger partial charge in [-0.1, -0.05) is 0 Å². The monoisotopic (exact) mass is 584 g/mol. The van der Waals surface area contributed by atoms with Crippen molar-refractivity contribution in [1.29, 1.82) is 0 Å². The van der Waals surface area contributed by atoms with Crippen LogP contribution in [-0.2, 0) is 6.54 Å². The van der Waals surface area contributed by atoms with Gasteiger partial charge in [0.1, 0.15) is 18.3 Å². The number of hydrogen-bond donors (Lipinski definition) is 5. The minimum atomic E-state index is -1.64. The second kappa shape index (κ2) is 8.73. The predicted molar refractivity (Wildman–Crippen MR) is 101 cm³/mol. The number of benzene rings is 1. The van der Waals surface area contributed by atoms with Gasteiger partial charge in [-0.3, -0.25) is 9.78 Å². The van der Waals surface area contributed by atoms with Crippen LogP contribution in [-0.4, -0.2) is 92.2 Å². The molecule has 3 atom stereocenters. The van der Waals surface area contributed by atoms with E-state index in [1.165, 1.54) is 4.57 Å². The van der Waals surface area contributed by atoms with E-state index in [4.69, 9.17) is 5.11 Å². The minimum Gasteiger partial charge on any atom is -0.394 e. The van der Waals surface area contributed by atoms with Crippen LogP contribution in [0.3, 0.4) is 0 Å². The number of H-pyrrole nitrogens is 1. The number of aromatic amines is 1. The number of hydrogen-bond acceptors (Lipinski definition) is 8. The Morgan fingerprint density at radius 3 is 2.36 bits per heavy atom. The van der Waals surface area contributed by atoms with Gasteiger partial charge in [0.05, 0.1) is 24.2 Å². The third-order valence-corrected chi connectivity index (χ3v) is 4.57. The van der Waals surface area contributed by atoms with Crippen LogP contribution in [0.1, 0.15) is 11.1 Å². The molecule has 0 saturated heterocycles. The number of aliphatic hydroxyl groups excluding tert-OH is 4. The molecule has 0 saturated carbocycles. The number of rotatable bonds is 5. The van der Waals surface area contributed by atoms with Crippen molar-refractivity contribution < 1.29 is 20.4 Å². The molecule has 0 aromatic heterocycles. The zero-order valence-corrected chi connectivity index (χ0v) is 19.1. The maximum atomic E-state index is 12.2. The average Bonchev–Trinajstić information content (AvgIpc) is 2.62. The molecule has 4 radical (unpaired) electrons. The molecule has 0 spiro atoms. The first-order valence-corrected chi connectivity index (χ1v) is 8.29. The van der Waals surface area contributed by atoms with E-state index in [0.29, 0.717) is 11.0 Å². The third kappa shape index (κ3) is 4.15. The van der Waals surface area contributed by atoms with Crippen LogP contribution >= 0.6 is 0 Å². The fourth-order valence-electron chi connectivity index (χ4n) is 2.89. The Bertz CT molecular complexity index is 1080. The normalized spacial score (nSPS) is 14.6. The molecule has 1 aromatic rings. The molecule has 2 aliphatic heterocycles. The molecule has 5 N–H and O–H groups in total. The number of aromatic nitrogens is 4. The van der Waals surface area contributed by atoms with E-state index in [1.54, 1.807) is 12.1 Å². The summed E-state index contributed by atoms with van der Waals surface area (Å²) in [6.45, 7) is 2.73. The van der Waals surface area contributed by atoms with Gasteiger partial charge in [-0.25, -0.2) is 9.78 Å². The third-order valence-electron chi connectivity index (χ3n) is 4.57. The largest absolute Gasteiger partial charge is 0.394 e. The van der Waals surface area contributed by atoms with Gasteiger partial charge in [-0.15, -0.1) is 0 Å².